The summed E-state index contributed by atoms with van der Waals surface area (Å²) >= 11 is 0. The summed E-state index contributed by atoms with van der Waals surface area (Å²) in [5, 5.41) is 3.73. The molecule has 0 radical (unpaired) electrons. The Labute approximate surface area is 120 Å². The molecule has 0 aromatic heterocycles. The van der Waals surface area contributed by atoms with Crippen molar-refractivity contribution in [2.45, 2.75) is 95.9 Å². The highest BCUT2D eigenvalue weighted by Gasteiger charge is 2.11. The molecule has 1 rings (SSSR count). The Morgan fingerprint density at radius 2 is 1.21 bits per heavy atom. The van der Waals surface area contributed by atoms with E-state index < -0.39 is 0 Å². The monoisotopic (exact) mass is 268 g/mol. The van der Waals surface area contributed by atoms with E-state index in [1.165, 1.54) is 96.4 Å². The first kappa shape index (κ1) is 17.0. The van der Waals surface area contributed by atoms with E-state index in [1.54, 1.807) is 0 Å². The molecule has 3 N–H and O–H groups in total. The van der Waals surface area contributed by atoms with Crippen molar-refractivity contribution in [1.82, 2.24) is 5.32 Å². The molecule has 1 aliphatic carbocycles. The van der Waals surface area contributed by atoms with Gasteiger partial charge < -0.3 is 11.1 Å². The molecule has 19 heavy (non-hydrogen) atoms. The minimum absolute atomic E-state index is 0.844. The molecule has 0 spiro atoms. The van der Waals surface area contributed by atoms with Crippen molar-refractivity contribution in [1.29, 1.82) is 0 Å². The highest BCUT2D eigenvalue weighted by atomic mass is 14.9. The molecule has 0 atom stereocenters. The summed E-state index contributed by atoms with van der Waals surface area (Å²) in [6.07, 6.45) is 19.6. The standard InChI is InChI=1S/C17H36N2/c18-15-11-6-4-2-1-3-5-7-12-16-19-17-13-9-8-10-14-17/h17,19H,1-16,18H2. The van der Waals surface area contributed by atoms with Crippen LogP contribution in [0, 0.1) is 0 Å². The van der Waals surface area contributed by atoms with Gasteiger partial charge in [-0.25, -0.2) is 0 Å². The average Bonchev–Trinajstić information content (AvgIpc) is 2.46. The Kier molecular flexibility index (Phi) is 11.5. The number of nitrogens with two attached hydrogens (primary N) is 1. The zero-order valence-electron chi connectivity index (χ0n) is 13.0. The van der Waals surface area contributed by atoms with Gasteiger partial charge in [0.15, 0.2) is 0 Å². The van der Waals surface area contributed by atoms with E-state index in [9.17, 15) is 0 Å². The van der Waals surface area contributed by atoms with Crippen LogP contribution < -0.4 is 11.1 Å². The normalized spacial score (nSPS) is 16.9. The number of hydrogen-bond donors (Lipinski definition) is 2. The number of nitrogens with one attached hydrogen (secondary N) is 1. The Balaban J connectivity index is 1.71. The van der Waals surface area contributed by atoms with Gasteiger partial charge in [0.2, 0.25) is 0 Å². The van der Waals surface area contributed by atoms with Crippen molar-refractivity contribution in [2.75, 3.05) is 13.1 Å². The molecule has 1 fully saturated rings. The molecule has 1 saturated carbocycles. The van der Waals surface area contributed by atoms with E-state index in [0.717, 1.165) is 12.6 Å². The van der Waals surface area contributed by atoms with E-state index >= 15 is 0 Å². The molecule has 0 saturated heterocycles. The van der Waals surface area contributed by atoms with Gasteiger partial charge in [0.25, 0.3) is 0 Å². The fraction of sp³-hybridized carbons (Fsp3) is 1.00. The average molecular weight is 268 g/mol. The molecule has 114 valence electrons. The summed E-state index contributed by atoms with van der Waals surface area (Å²) < 4.78 is 0. The topological polar surface area (TPSA) is 38.0 Å². The van der Waals surface area contributed by atoms with Crippen LogP contribution in [0.25, 0.3) is 0 Å². The van der Waals surface area contributed by atoms with Crippen LogP contribution in [0.1, 0.15) is 89.9 Å². The van der Waals surface area contributed by atoms with Crippen LogP contribution in [0.2, 0.25) is 0 Å². The van der Waals surface area contributed by atoms with Crippen LogP contribution in [0.15, 0.2) is 0 Å². The molecular weight excluding hydrogens is 232 g/mol. The van der Waals surface area contributed by atoms with Crippen LogP contribution in [0.5, 0.6) is 0 Å². The molecule has 2 heteroatoms. The van der Waals surface area contributed by atoms with Crippen molar-refractivity contribution in [2.24, 2.45) is 5.73 Å². The second-order valence-corrected chi connectivity index (χ2v) is 6.26. The molecule has 0 amide bonds. The maximum Gasteiger partial charge on any atom is 0.00670 e. The van der Waals surface area contributed by atoms with Gasteiger partial charge in [-0.2, -0.15) is 0 Å². The van der Waals surface area contributed by atoms with E-state index in [2.05, 4.69) is 5.32 Å². The summed E-state index contributed by atoms with van der Waals surface area (Å²) in [6.45, 7) is 2.12. The first-order valence-electron chi connectivity index (χ1n) is 8.87. The largest absolute Gasteiger partial charge is 0.330 e. The van der Waals surface area contributed by atoms with Gasteiger partial charge >= 0.3 is 0 Å². The second-order valence-electron chi connectivity index (χ2n) is 6.26. The summed E-state index contributed by atoms with van der Waals surface area (Å²) in [6, 6.07) is 0.844. The minimum atomic E-state index is 0.844. The fourth-order valence-electron chi connectivity index (χ4n) is 3.12. The van der Waals surface area contributed by atoms with Gasteiger partial charge in [-0.3, -0.25) is 0 Å². The predicted molar refractivity (Wildman–Crippen MR) is 85.5 cm³/mol. The molecule has 0 heterocycles. The van der Waals surface area contributed by atoms with Crippen molar-refractivity contribution < 1.29 is 0 Å². The van der Waals surface area contributed by atoms with Gasteiger partial charge in [-0.15, -0.1) is 0 Å². The zero-order valence-corrected chi connectivity index (χ0v) is 13.0. The Morgan fingerprint density at radius 1 is 0.684 bits per heavy atom. The highest BCUT2D eigenvalue weighted by Crippen LogP contribution is 2.17. The Bertz CT molecular complexity index is 176. The van der Waals surface area contributed by atoms with Gasteiger partial charge in [-0.05, 0) is 38.8 Å². The van der Waals surface area contributed by atoms with E-state index in [1.807, 2.05) is 0 Å². The van der Waals surface area contributed by atoms with Crippen LogP contribution in [-0.2, 0) is 0 Å². The smallest absolute Gasteiger partial charge is 0.00670 e. The van der Waals surface area contributed by atoms with Crippen molar-refractivity contribution in [3.63, 3.8) is 0 Å². The summed E-state index contributed by atoms with van der Waals surface area (Å²) in [5.41, 5.74) is 5.49. The van der Waals surface area contributed by atoms with Crippen molar-refractivity contribution >= 4 is 0 Å². The van der Waals surface area contributed by atoms with Gasteiger partial charge in [-0.1, -0.05) is 64.2 Å². The first-order valence-corrected chi connectivity index (χ1v) is 8.87. The van der Waals surface area contributed by atoms with Gasteiger partial charge in [0, 0.05) is 6.04 Å². The highest BCUT2D eigenvalue weighted by molar-refractivity contribution is 4.71. The van der Waals surface area contributed by atoms with Crippen LogP contribution >= 0.6 is 0 Å². The predicted octanol–water partition coefficient (Wildman–Crippen LogP) is 4.38. The van der Waals surface area contributed by atoms with Gasteiger partial charge in [0.1, 0.15) is 0 Å². The third-order valence-corrected chi connectivity index (χ3v) is 4.42. The van der Waals surface area contributed by atoms with E-state index in [4.69, 9.17) is 5.73 Å². The number of rotatable bonds is 12. The quantitative estimate of drug-likeness (QED) is 0.516. The Hall–Kier alpha value is -0.0800. The van der Waals surface area contributed by atoms with E-state index in [-0.39, 0.29) is 0 Å². The summed E-state index contributed by atoms with van der Waals surface area (Å²) in [7, 11) is 0. The molecule has 0 aromatic carbocycles. The summed E-state index contributed by atoms with van der Waals surface area (Å²) in [4.78, 5) is 0. The molecule has 1 aliphatic rings. The second kappa shape index (κ2) is 12.9. The van der Waals surface area contributed by atoms with Crippen LogP contribution in [0.4, 0.5) is 0 Å². The zero-order chi connectivity index (χ0) is 13.6. The first-order chi connectivity index (χ1) is 9.43. The number of unbranched alkanes of at least 4 members (excludes halogenated alkanes) is 8. The van der Waals surface area contributed by atoms with Crippen molar-refractivity contribution in [3.05, 3.63) is 0 Å². The lowest BCUT2D eigenvalue weighted by atomic mass is 9.95. The van der Waals surface area contributed by atoms with Crippen molar-refractivity contribution in [3.8, 4) is 0 Å². The fourth-order valence-corrected chi connectivity index (χ4v) is 3.12. The molecule has 0 bridgehead atoms. The maximum absolute atomic E-state index is 5.49. The molecule has 0 aliphatic heterocycles. The Morgan fingerprint density at radius 3 is 1.79 bits per heavy atom. The molecular formula is C17H36N2. The van der Waals surface area contributed by atoms with Crippen LogP contribution in [-0.4, -0.2) is 19.1 Å². The molecule has 2 nitrogen and oxygen atoms in total. The maximum atomic E-state index is 5.49. The third-order valence-electron chi connectivity index (χ3n) is 4.42. The van der Waals surface area contributed by atoms with Gasteiger partial charge in [0.05, 0.1) is 0 Å². The summed E-state index contributed by atoms with van der Waals surface area (Å²) in [5.74, 6) is 0. The number of hydrogen-bond acceptors (Lipinski definition) is 2. The lowest BCUT2D eigenvalue weighted by molar-refractivity contribution is 0.369. The molecule has 0 unspecified atom stereocenters. The SMILES string of the molecule is NCCCCCCCCCCCNC1CCCCC1. The molecule has 0 aromatic rings. The third kappa shape index (κ3) is 10.4. The van der Waals surface area contributed by atoms with Crippen LogP contribution in [0.3, 0.4) is 0 Å². The minimum Gasteiger partial charge on any atom is -0.330 e. The lowest BCUT2D eigenvalue weighted by Crippen LogP contribution is -2.31. The van der Waals surface area contributed by atoms with E-state index in [0.29, 0.717) is 0 Å². The lowest BCUT2D eigenvalue weighted by Gasteiger charge is -2.22.